The van der Waals surface area contributed by atoms with E-state index in [4.69, 9.17) is 4.74 Å². The molecule has 4 rings (SSSR count). The topological polar surface area (TPSA) is 55.7 Å². The number of benzene rings is 1. The Morgan fingerprint density at radius 1 is 1.12 bits per heavy atom. The van der Waals surface area contributed by atoms with E-state index in [0.29, 0.717) is 12.3 Å². The van der Waals surface area contributed by atoms with Crippen LogP contribution in [0, 0.1) is 0 Å². The van der Waals surface area contributed by atoms with Crippen LogP contribution in [0.1, 0.15) is 0 Å². The van der Waals surface area contributed by atoms with Crippen LogP contribution in [0.3, 0.4) is 0 Å². The summed E-state index contributed by atoms with van der Waals surface area (Å²) in [6.07, 6.45) is 5.80. The number of hydrogen-bond acceptors (Lipinski definition) is 3. The Balaban J connectivity index is 1.46. The molecule has 0 spiro atoms. The third kappa shape index (κ3) is 3.19. The highest BCUT2D eigenvalue weighted by atomic mass is 79.9. The molecule has 3 heterocycles. The molecule has 0 saturated carbocycles. The number of pyridine rings is 1. The van der Waals surface area contributed by atoms with Crippen LogP contribution < -0.4 is 4.74 Å². The Morgan fingerprint density at radius 3 is 2.71 bits per heavy atom. The minimum atomic E-state index is 0.636. The number of ether oxygens (including phenoxy) is 1. The van der Waals surface area contributed by atoms with Crippen molar-refractivity contribution in [3.05, 3.63) is 65.5 Å². The molecular weight excluding hydrogens is 368 g/mol. The second kappa shape index (κ2) is 6.49. The van der Waals surface area contributed by atoms with Crippen molar-refractivity contribution in [3.63, 3.8) is 0 Å². The van der Waals surface area contributed by atoms with Gasteiger partial charge in [0.15, 0.2) is 5.65 Å². The number of halogens is 1. The molecule has 0 bridgehead atoms. The average molecular weight is 383 g/mol. The summed E-state index contributed by atoms with van der Waals surface area (Å²) >= 11 is 3.42. The van der Waals surface area contributed by atoms with Crippen LogP contribution in [0.2, 0.25) is 0 Å². The zero-order valence-electron chi connectivity index (χ0n) is 12.8. The molecule has 0 unspecified atom stereocenters. The van der Waals surface area contributed by atoms with Gasteiger partial charge in [-0.05, 0) is 58.4 Å². The summed E-state index contributed by atoms with van der Waals surface area (Å²) in [4.78, 5) is 12.1. The third-order valence-corrected chi connectivity index (χ3v) is 4.15. The standard InChI is InChI=1S/C18H15BrN4O/c19-14-11-16-18(20-12-14)22-17(21-16)13-3-5-15(6-4-13)24-10-9-23-7-1-2-8-23/h1-8,11-12H,9-10H2,(H,20,21,22). The number of fused-ring (bicyclic) bond motifs is 1. The van der Waals surface area contributed by atoms with E-state index >= 15 is 0 Å². The van der Waals surface area contributed by atoms with Crippen LogP contribution in [-0.2, 0) is 6.54 Å². The molecule has 1 N–H and O–H groups in total. The van der Waals surface area contributed by atoms with Gasteiger partial charge in [-0.3, -0.25) is 0 Å². The molecule has 0 aliphatic heterocycles. The van der Waals surface area contributed by atoms with E-state index in [1.807, 2.05) is 54.9 Å². The molecule has 0 aliphatic carbocycles. The number of aromatic nitrogens is 4. The Hall–Kier alpha value is -2.60. The lowest BCUT2D eigenvalue weighted by Crippen LogP contribution is -2.06. The lowest BCUT2D eigenvalue weighted by atomic mass is 10.2. The minimum Gasteiger partial charge on any atom is -0.492 e. The van der Waals surface area contributed by atoms with Gasteiger partial charge in [-0.25, -0.2) is 9.97 Å². The molecular formula is C18H15BrN4O. The molecule has 120 valence electrons. The number of aromatic amines is 1. The van der Waals surface area contributed by atoms with Gasteiger partial charge in [0, 0.05) is 28.6 Å². The quantitative estimate of drug-likeness (QED) is 0.560. The first kappa shape index (κ1) is 15.0. The van der Waals surface area contributed by atoms with Crippen molar-refractivity contribution in [2.45, 2.75) is 6.54 Å². The van der Waals surface area contributed by atoms with Crippen LogP contribution in [-0.4, -0.2) is 26.1 Å². The van der Waals surface area contributed by atoms with E-state index in [1.54, 1.807) is 6.20 Å². The van der Waals surface area contributed by atoms with Crippen molar-refractivity contribution in [2.75, 3.05) is 6.61 Å². The summed E-state index contributed by atoms with van der Waals surface area (Å²) in [6.45, 7) is 1.47. The molecule has 3 aromatic heterocycles. The van der Waals surface area contributed by atoms with Crippen LogP contribution in [0.15, 0.2) is 65.5 Å². The fourth-order valence-electron chi connectivity index (χ4n) is 2.51. The van der Waals surface area contributed by atoms with E-state index in [9.17, 15) is 0 Å². The number of nitrogens with one attached hydrogen (secondary N) is 1. The van der Waals surface area contributed by atoms with Gasteiger partial charge in [-0.15, -0.1) is 0 Å². The fraction of sp³-hybridized carbons (Fsp3) is 0.111. The number of imidazole rings is 1. The maximum Gasteiger partial charge on any atom is 0.178 e. The molecule has 0 saturated heterocycles. The Bertz CT molecular complexity index is 945. The largest absolute Gasteiger partial charge is 0.492 e. The Kier molecular flexibility index (Phi) is 4.04. The van der Waals surface area contributed by atoms with Gasteiger partial charge >= 0.3 is 0 Å². The lowest BCUT2D eigenvalue weighted by molar-refractivity contribution is 0.298. The molecule has 0 aliphatic rings. The van der Waals surface area contributed by atoms with Crippen molar-refractivity contribution in [1.29, 1.82) is 0 Å². The van der Waals surface area contributed by atoms with E-state index in [-0.39, 0.29) is 0 Å². The number of rotatable bonds is 5. The number of nitrogens with zero attached hydrogens (tertiary/aromatic N) is 3. The van der Waals surface area contributed by atoms with Gasteiger partial charge in [0.2, 0.25) is 0 Å². The number of hydrogen-bond donors (Lipinski definition) is 1. The highest BCUT2D eigenvalue weighted by Gasteiger charge is 2.07. The van der Waals surface area contributed by atoms with Crippen LogP contribution >= 0.6 is 15.9 Å². The van der Waals surface area contributed by atoms with Gasteiger partial charge in [0.05, 0.1) is 12.1 Å². The van der Waals surface area contributed by atoms with Crippen molar-refractivity contribution in [1.82, 2.24) is 19.5 Å². The lowest BCUT2D eigenvalue weighted by Gasteiger charge is -2.07. The maximum atomic E-state index is 5.77. The smallest absolute Gasteiger partial charge is 0.178 e. The fourth-order valence-corrected chi connectivity index (χ4v) is 2.84. The van der Waals surface area contributed by atoms with Gasteiger partial charge in [0.1, 0.15) is 18.2 Å². The zero-order valence-corrected chi connectivity index (χ0v) is 14.4. The van der Waals surface area contributed by atoms with Crippen molar-refractivity contribution in [2.24, 2.45) is 0 Å². The molecule has 0 radical (unpaired) electrons. The van der Waals surface area contributed by atoms with Crippen molar-refractivity contribution >= 4 is 27.1 Å². The summed E-state index contributed by atoms with van der Waals surface area (Å²) in [5.74, 6) is 1.65. The molecule has 0 fully saturated rings. The predicted octanol–water partition coefficient (Wildman–Crippen LogP) is 4.27. The Morgan fingerprint density at radius 2 is 1.92 bits per heavy atom. The summed E-state index contributed by atoms with van der Waals surface area (Å²) in [7, 11) is 0. The summed E-state index contributed by atoms with van der Waals surface area (Å²) in [5, 5.41) is 0. The zero-order chi connectivity index (χ0) is 16.4. The van der Waals surface area contributed by atoms with E-state index in [0.717, 1.165) is 33.7 Å². The Labute approximate surface area is 147 Å². The van der Waals surface area contributed by atoms with Crippen LogP contribution in [0.5, 0.6) is 5.75 Å². The van der Waals surface area contributed by atoms with E-state index in [1.165, 1.54) is 0 Å². The molecule has 0 atom stereocenters. The van der Waals surface area contributed by atoms with Gasteiger partial charge in [-0.1, -0.05) is 0 Å². The first-order valence-electron chi connectivity index (χ1n) is 7.63. The second-order valence-corrected chi connectivity index (χ2v) is 6.32. The predicted molar refractivity (Wildman–Crippen MR) is 97.0 cm³/mol. The molecule has 1 aromatic carbocycles. The van der Waals surface area contributed by atoms with Crippen molar-refractivity contribution in [3.8, 4) is 17.1 Å². The molecule has 24 heavy (non-hydrogen) atoms. The third-order valence-electron chi connectivity index (χ3n) is 3.72. The highest BCUT2D eigenvalue weighted by molar-refractivity contribution is 9.10. The maximum absolute atomic E-state index is 5.77. The van der Waals surface area contributed by atoms with E-state index in [2.05, 4.69) is 35.4 Å². The van der Waals surface area contributed by atoms with Gasteiger partial charge < -0.3 is 14.3 Å². The van der Waals surface area contributed by atoms with Crippen LogP contribution in [0.25, 0.3) is 22.6 Å². The molecule has 6 heteroatoms. The van der Waals surface area contributed by atoms with Crippen molar-refractivity contribution < 1.29 is 4.74 Å². The SMILES string of the molecule is Brc1cnc2nc(-c3ccc(OCCn4cccc4)cc3)[nH]c2c1. The first-order chi connectivity index (χ1) is 11.8. The molecule has 4 aromatic rings. The van der Waals surface area contributed by atoms with Gasteiger partial charge in [-0.2, -0.15) is 0 Å². The summed E-state index contributed by atoms with van der Waals surface area (Å²) in [6, 6.07) is 13.9. The highest BCUT2D eigenvalue weighted by Crippen LogP contribution is 2.23. The first-order valence-corrected chi connectivity index (χ1v) is 8.42. The number of H-pyrrole nitrogens is 1. The normalized spacial score (nSPS) is 11.0. The van der Waals surface area contributed by atoms with Gasteiger partial charge in [0.25, 0.3) is 0 Å². The summed E-state index contributed by atoms with van der Waals surface area (Å²) in [5.41, 5.74) is 2.62. The summed E-state index contributed by atoms with van der Waals surface area (Å²) < 4.78 is 8.79. The molecule has 5 nitrogen and oxygen atoms in total. The minimum absolute atomic E-state index is 0.636. The molecule has 0 amide bonds. The van der Waals surface area contributed by atoms with E-state index < -0.39 is 0 Å². The van der Waals surface area contributed by atoms with Crippen LogP contribution in [0.4, 0.5) is 0 Å². The second-order valence-electron chi connectivity index (χ2n) is 5.40. The average Bonchev–Trinajstić information content (AvgIpc) is 3.24. The monoisotopic (exact) mass is 382 g/mol.